The number of nitrogens with one attached hydrogen (secondary N) is 2. The van der Waals surface area contributed by atoms with Gasteiger partial charge in [0.05, 0.1) is 6.04 Å². The van der Waals surface area contributed by atoms with Gasteiger partial charge in [-0.1, -0.05) is 24.3 Å². The Morgan fingerprint density at radius 1 is 1.12 bits per heavy atom. The quantitative estimate of drug-likeness (QED) is 0.471. The van der Waals surface area contributed by atoms with E-state index in [4.69, 9.17) is 14.2 Å². The molecule has 43 heavy (non-hydrogen) atoms. The number of hydrogen-bond acceptors (Lipinski definition) is 7. The zero-order valence-corrected chi connectivity index (χ0v) is 24.7. The van der Waals surface area contributed by atoms with E-state index in [2.05, 4.69) is 21.3 Å². The van der Waals surface area contributed by atoms with Crippen molar-refractivity contribution in [3.05, 3.63) is 59.3 Å². The highest BCUT2D eigenvalue weighted by molar-refractivity contribution is 5.98. The van der Waals surface area contributed by atoms with E-state index in [9.17, 15) is 14.4 Å². The van der Waals surface area contributed by atoms with E-state index in [1.807, 2.05) is 57.2 Å². The highest BCUT2D eigenvalue weighted by atomic mass is 16.7. The highest BCUT2D eigenvalue weighted by Gasteiger charge is 2.50. The summed E-state index contributed by atoms with van der Waals surface area (Å²) in [5, 5.41) is 3.88. The summed E-state index contributed by atoms with van der Waals surface area (Å²) in [7, 11) is 0. The zero-order valence-electron chi connectivity index (χ0n) is 24.7. The molecule has 1 aromatic heterocycles. The predicted molar refractivity (Wildman–Crippen MR) is 158 cm³/mol. The van der Waals surface area contributed by atoms with Crippen molar-refractivity contribution in [3.8, 4) is 11.5 Å². The lowest BCUT2D eigenvalue weighted by Gasteiger charge is -2.48. The minimum Gasteiger partial charge on any atom is -0.454 e. The van der Waals surface area contributed by atoms with Gasteiger partial charge in [-0.3, -0.25) is 14.5 Å². The largest absolute Gasteiger partial charge is 0.454 e. The van der Waals surface area contributed by atoms with E-state index >= 15 is 0 Å². The maximum absolute atomic E-state index is 14.3. The van der Waals surface area contributed by atoms with Crippen LogP contribution in [0, 0.1) is 0 Å². The molecule has 0 spiro atoms. The third-order valence-corrected chi connectivity index (χ3v) is 8.79. The van der Waals surface area contributed by atoms with Gasteiger partial charge in [0.1, 0.15) is 18.2 Å². The van der Waals surface area contributed by atoms with Gasteiger partial charge in [0.25, 0.3) is 0 Å². The minimum absolute atomic E-state index is 0.0139. The van der Waals surface area contributed by atoms with Crippen molar-refractivity contribution >= 4 is 28.8 Å². The molecule has 2 fully saturated rings. The number of benzene rings is 2. The molecule has 4 aliphatic rings. The average Bonchev–Trinajstić information content (AvgIpc) is 3.71. The molecule has 3 aromatic rings. The number of rotatable bonds is 5. The van der Waals surface area contributed by atoms with Crippen molar-refractivity contribution in [2.45, 2.75) is 57.3 Å². The van der Waals surface area contributed by atoms with Crippen LogP contribution in [0.1, 0.15) is 50.1 Å². The zero-order chi connectivity index (χ0) is 29.9. The Morgan fingerprint density at radius 2 is 1.93 bits per heavy atom. The normalized spacial score (nSPS) is 23.5. The van der Waals surface area contributed by atoms with Gasteiger partial charge < -0.3 is 34.3 Å². The molecule has 226 valence electrons. The molecule has 0 radical (unpaired) electrons. The lowest BCUT2D eigenvalue weighted by molar-refractivity contribution is -0.160. The van der Waals surface area contributed by atoms with Gasteiger partial charge in [-0.2, -0.15) is 0 Å². The summed E-state index contributed by atoms with van der Waals surface area (Å²) in [6.45, 7) is 8.24. The van der Waals surface area contributed by atoms with Crippen LogP contribution in [0.5, 0.6) is 11.5 Å². The highest BCUT2D eigenvalue weighted by Crippen LogP contribution is 2.45. The Kier molecular flexibility index (Phi) is 6.72. The predicted octanol–water partition coefficient (Wildman–Crippen LogP) is 3.18. The summed E-state index contributed by atoms with van der Waals surface area (Å²) < 4.78 is 16.5. The van der Waals surface area contributed by atoms with Crippen molar-refractivity contribution in [1.29, 1.82) is 0 Å². The molecule has 2 N–H and O–H groups in total. The fraction of sp³-hybridized carbons (Fsp3) is 0.469. The molecule has 0 unspecified atom stereocenters. The molecule has 2 aromatic carbocycles. The molecule has 5 heterocycles. The maximum Gasteiger partial charge on any atom is 0.407 e. The van der Waals surface area contributed by atoms with Crippen LogP contribution in [0.25, 0.3) is 10.9 Å². The average molecular weight is 588 g/mol. The Morgan fingerprint density at radius 3 is 2.77 bits per heavy atom. The van der Waals surface area contributed by atoms with Crippen molar-refractivity contribution in [2.24, 2.45) is 0 Å². The van der Waals surface area contributed by atoms with E-state index in [0.717, 1.165) is 40.7 Å². The SMILES string of the molecule is CC(C)(C)OC(=O)NCCN1CC[C@H](N2CC(=O)N3[C@H](c4ccc5c(c4)OCO5)c4[nH]c5ccccc5c4C[C@@H]3C2=O)C1. The Balaban J connectivity index is 1.12. The number of piperazine rings is 1. The molecule has 0 bridgehead atoms. The molecule has 2 saturated heterocycles. The fourth-order valence-electron chi connectivity index (χ4n) is 6.93. The second-order valence-electron chi connectivity index (χ2n) is 12.7. The number of carbonyl (C=O) groups excluding carboxylic acids is 3. The van der Waals surface area contributed by atoms with Crippen LogP contribution >= 0.6 is 0 Å². The standard InChI is InChI=1S/C32H37N5O6/c1-32(2,3)43-31(40)33-11-13-35-12-10-20(16-35)36-17-27(38)37-24(30(36)39)15-22-21-6-4-5-7-23(21)34-28(22)29(37)19-8-9-25-26(14-19)42-18-41-25/h4-9,14,20,24,29,34H,10-13,15-18H2,1-3H3,(H,33,40)/t20-,24+,29+/m0/s1. The monoisotopic (exact) mass is 587 g/mol. The van der Waals surface area contributed by atoms with Gasteiger partial charge >= 0.3 is 6.09 Å². The minimum atomic E-state index is -0.605. The Bertz CT molecular complexity index is 1590. The van der Waals surface area contributed by atoms with E-state index in [-0.39, 0.29) is 31.2 Å². The molecule has 3 amide bonds. The number of nitrogens with zero attached hydrogens (tertiary/aromatic N) is 3. The molecule has 4 aliphatic heterocycles. The number of H-pyrrole nitrogens is 1. The summed E-state index contributed by atoms with van der Waals surface area (Å²) in [5.74, 6) is 1.23. The van der Waals surface area contributed by atoms with Crippen molar-refractivity contribution in [1.82, 2.24) is 25.0 Å². The van der Waals surface area contributed by atoms with Gasteiger partial charge in [0.15, 0.2) is 11.5 Å². The van der Waals surface area contributed by atoms with Gasteiger partial charge in [0, 0.05) is 55.2 Å². The lowest BCUT2D eigenvalue weighted by Crippen LogP contribution is -2.65. The van der Waals surface area contributed by atoms with E-state index in [0.29, 0.717) is 37.6 Å². The topological polar surface area (TPSA) is 116 Å². The third-order valence-electron chi connectivity index (χ3n) is 8.79. The first-order chi connectivity index (χ1) is 20.7. The number of para-hydroxylation sites is 1. The number of fused-ring (bicyclic) bond motifs is 5. The number of aromatic amines is 1. The molecule has 0 aliphatic carbocycles. The summed E-state index contributed by atoms with van der Waals surface area (Å²) >= 11 is 0. The smallest absolute Gasteiger partial charge is 0.407 e. The first-order valence-electron chi connectivity index (χ1n) is 15.0. The number of alkyl carbamates (subject to hydrolysis) is 1. The summed E-state index contributed by atoms with van der Waals surface area (Å²) in [6.07, 6.45) is 0.797. The van der Waals surface area contributed by atoms with Crippen LogP contribution in [0.4, 0.5) is 4.79 Å². The Hall–Kier alpha value is -4.25. The summed E-state index contributed by atoms with van der Waals surface area (Å²) in [4.78, 5) is 49.7. The Labute approximate surface area is 250 Å². The van der Waals surface area contributed by atoms with Crippen molar-refractivity contribution in [2.75, 3.05) is 39.5 Å². The number of ether oxygens (including phenoxy) is 3. The van der Waals surface area contributed by atoms with Crippen LogP contribution < -0.4 is 14.8 Å². The lowest BCUT2D eigenvalue weighted by atomic mass is 9.85. The number of carbonyl (C=O) groups is 3. The molecule has 0 saturated carbocycles. The molecule has 11 nitrogen and oxygen atoms in total. The van der Waals surface area contributed by atoms with Crippen LogP contribution in [-0.4, -0.2) is 94.8 Å². The van der Waals surface area contributed by atoms with Crippen molar-refractivity contribution < 1.29 is 28.6 Å². The van der Waals surface area contributed by atoms with Crippen LogP contribution in [0.2, 0.25) is 0 Å². The van der Waals surface area contributed by atoms with E-state index in [1.165, 1.54) is 0 Å². The first-order valence-corrected chi connectivity index (χ1v) is 15.0. The number of hydrogen-bond donors (Lipinski definition) is 2. The van der Waals surface area contributed by atoms with Crippen LogP contribution in [0.3, 0.4) is 0 Å². The molecular weight excluding hydrogens is 550 g/mol. The van der Waals surface area contributed by atoms with Gasteiger partial charge in [0.2, 0.25) is 18.6 Å². The van der Waals surface area contributed by atoms with Gasteiger partial charge in [-0.05, 0) is 56.5 Å². The second kappa shape index (κ2) is 10.5. The molecule has 7 rings (SSSR count). The second-order valence-corrected chi connectivity index (χ2v) is 12.7. The van der Waals surface area contributed by atoms with E-state index in [1.54, 1.807) is 9.80 Å². The van der Waals surface area contributed by atoms with Gasteiger partial charge in [-0.15, -0.1) is 0 Å². The third kappa shape index (κ3) is 5.05. The number of amides is 3. The maximum atomic E-state index is 14.3. The fourth-order valence-corrected chi connectivity index (χ4v) is 6.93. The van der Waals surface area contributed by atoms with Gasteiger partial charge in [-0.25, -0.2) is 4.79 Å². The number of likely N-dealkylation sites (tertiary alicyclic amines) is 1. The van der Waals surface area contributed by atoms with Crippen LogP contribution in [-0.2, 0) is 20.7 Å². The molecule has 3 atom stereocenters. The summed E-state index contributed by atoms with van der Waals surface area (Å²) in [5.41, 5.74) is 3.33. The van der Waals surface area contributed by atoms with Crippen LogP contribution in [0.15, 0.2) is 42.5 Å². The molecule has 11 heteroatoms. The van der Waals surface area contributed by atoms with Crippen molar-refractivity contribution in [3.63, 3.8) is 0 Å². The molecular formula is C32H37N5O6. The number of aromatic nitrogens is 1. The first kappa shape index (κ1) is 27.6. The summed E-state index contributed by atoms with van der Waals surface area (Å²) in [6, 6.07) is 12.7. The van der Waals surface area contributed by atoms with E-state index < -0.39 is 23.8 Å².